The van der Waals surface area contributed by atoms with Gasteiger partial charge in [-0.2, -0.15) is 0 Å². The molecular weight excluding hydrogens is 400 g/mol. The van der Waals surface area contributed by atoms with Crippen LogP contribution in [0.3, 0.4) is 0 Å². The molecule has 24 heavy (non-hydrogen) atoms. The third-order valence-electron chi connectivity index (χ3n) is 3.22. The Morgan fingerprint density at radius 2 is 1.62 bits per heavy atom. The molecule has 0 amide bonds. The van der Waals surface area contributed by atoms with E-state index in [1.54, 1.807) is 6.07 Å². The monoisotopic (exact) mass is 409 g/mol. The summed E-state index contributed by atoms with van der Waals surface area (Å²) in [7, 11) is 0. The van der Waals surface area contributed by atoms with Gasteiger partial charge in [0, 0.05) is 5.56 Å². The number of phenolic OH excluding ortho intramolecular Hbond substituents is 1. The molecule has 128 valence electrons. The number of ether oxygens (including phenoxy) is 1. The van der Waals surface area contributed by atoms with Crippen molar-refractivity contribution in [3.63, 3.8) is 0 Å². The minimum Gasteiger partial charge on any atom is -0.508 e. The highest BCUT2D eigenvalue weighted by atomic mass is 35.5. The van der Waals surface area contributed by atoms with Gasteiger partial charge in [0.2, 0.25) is 0 Å². The van der Waals surface area contributed by atoms with Gasteiger partial charge in [-0.05, 0) is 24.1 Å². The first-order valence-electron chi connectivity index (χ1n) is 6.66. The van der Waals surface area contributed by atoms with Crippen molar-refractivity contribution in [2.24, 2.45) is 0 Å². The number of hydrogen-bond acceptors (Lipinski definition) is 4. The van der Waals surface area contributed by atoms with Crippen molar-refractivity contribution in [1.29, 1.82) is 0 Å². The highest BCUT2D eigenvalue weighted by Crippen LogP contribution is 2.51. The van der Waals surface area contributed by atoms with Crippen LogP contribution in [0, 0.1) is 10.1 Å². The Balaban J connectivity index is 2.56. The van der Waals surface area contributed by atoms with E-state index in [-0.39, 0.29) is 37.5 Å². The van der Waals surface area contributed by atoms with Crippen LogP contribution in [0.1, 0.15) is 25.3 Å². The Bertz CT molecular complexity index is 795. The van der Waals surface area contributed by atoms with Gasteiger partial charge in [0.15, 0.2) is 5.75 Å². The summed E-state index contributed by atoms with van der Waals surface area (Å²) in [5.74, 6) is 0.387. The maximum absolute atomic E-state index is 11.0. The number of benzene rings is 2. The summed E-state index contributed by atoms with van der Waals surface area (Å²) in [6.45, 7) is 3.80. The van der Waals surface area contributed by atoms with E-state index in [9.17, 15) is 15.2 Å². The van der Waals surface area contributed by atoms with Crippen molar-refractivity contribution in [3.05, 3.63) is 54.0 Å². The van der Waals surface area contributed by atoms with Crippen molar-refractivity contribution in [2.75, 3.05) is 0 Å². The third kappa shape index (κ3) is 3.49. The van der Waals surface area contributed by atoms with E-state index >= 15 is 0 Å². The predicted molar refractivity (Wildman–Crippen MR) is 95.4 cm³/mol. The average Bonchev–Trinajstić information content (AvgIpc) is 2.50. The molecule has 0 aliphatic heterocycles. The molecule has 2 aromatic rings. The van der Waals surface area contributed by atoms with Crippen LogP contribution in [0.5, 0.6) is 17.2 Å². The zero-order valence-corrected chi connectivity index (χ0v) is 15.5. The molecule has 2 rings (SSSR count). The van der Waals surface area contributed by atoms with Crippen LogP contribution in [0.4, 0.5) is 5.69 Å². The second-order valence-electron chi connectivity index (χ2n) is 5.17. The fourth-order valence-electron chi connectivity index (χ4n) is 2.03. The average molecular weight is 411 g/mol. The van der Waals surface area contributed by atoms with E-state index in [2.05, 4.69) is 0 Å². The fraction of sp³-hybridized carbons (Fsp3) is 0.200. The number of nitrogens with zero attached hydrogens (tertiary/aromatic N) is 1. The molecule has 0 fully saturated rings. The zero-order chi connectivity index (χ0) is 18.2. The van der Waals surface area contributed by atoms with E-state index in [1.807, 2.05) is 13.8 Å². The molecule has 0 aromatic heterocycles. The summed E-state index contributed by atoms with van der Waals surface area (Å²) < 4.78 is 5.62. The fourth-order valence-corrected chi connectivity index (χ4v) is 3.07. The number of phenols is 1. The van der Waals surface area contributed by atoms with Gasteiger partial charge in [0.1, 0.15) is 31.6 Å². The van der Waals surface area contributed by atoms with E-state index in [0.29, 0.717) is 11.3 Å². The summed E-state index contributed by atoms with van der Waals surface area (Å²) >= 11 is 23.9. The van der Waals surface area contributed by atoms with Crippen LogP contribution < -0.4 is 4.74 Å². The molecule has 0 aliphatic carbocycles. The van der Waals surface area contributed by atoms with Crippen LogP contribution in [-0.4, -0.2) is 10.0 Å². The molecule has 0 radical (unpaired) electrons. The number of nitro groups is 1. The van der Waals surface area contributed by atoms with Crippen LogP contribution in [0.15, 0.2) is 18.2 Å². The molecule has 0 saturated heterocycles. The number of halogens is 4. The Morgan fingerprint density at radius 3 is 2.08 bits per heavy atom. The molecular formula is C15H11Cl4NO4. The zero-order valence-electron chi connectivity index (χ0n) is 12.4. The van der Waals surface area contributed by atoms with E-state index in [1.165, 1.54) is 12.1 Å². The van der Waals surface area contributed by atoms with Crippen LogP contribution in [-0.2, 0) is 0 Å². The third-order valence-corrected chi connectivity index (χ3v) is 4.87. The minimum absolute atomic E-state index is 0.0449. The molecule has 0 heterocycles. The SMILES string of the molecule is CC(C)c1cc(Oc2c(Cl)c(Cl)c([N+](=O)[O-])c(Cl)c2Cl)ccc1O. The highest BCUT2D eigenvalue weighted by Gasteiger charge is 2.29. The Kier molecular flexibility index (Phi) is 5.71. The van der Waals surface area contributed by atoms with Gasteiger partial charge in [0.05, 0.1) is 4.92 Å². The molecule has 0 saturated carbocycles. The maximum atomic E-state index is 11.0. The van der Waals surface area contributed by atoms with Gasteiger partial charge < -0.3 is 9.84 Å². The molecule has 9 heteroatoms. The predicted octanol–water partition coefficient (Wildman–Crippen LogP) is 6.83. The number of rotatable bonds is 4. The van der Waals surface area contributed by atoms with Crippen molar-refractivity contribution >= 4 is 52.1 Å². The lowest BCUT2D eigenvalue weighted by Gasteiger charge is -2.14. The Morgan fingerprint density at radius 1 is 1.08 bits per heavy atom. The summed E-state index contributed by atoms with van der Waals surface area (Å²) in [5.41, 5.74) is 0.0631. The first-order valence-corrected chi connectivity index (χ1v) is 8.17. The van der Waals surface area contributed by atoms with Gasteiger partial charge in [-0.1, -0.05) is 60.3 Å². The normalized spacial score (nSPS) is 11.0. The molecule has 0 unspecified atom stereocenters. The standard InChI is InChI=1S/C15H11Cl4NO4/c1-6(2)8-5-7(3-4-9(8)21)24-15-12(18)10(16)14(20(22)23)11(17)13(15)19/h3-6,21H,1-2H3. The van der Waals surface area contributed by atoms with E-state index in [0.717, 1.165) is 0 Å². The van der Waals surface area contributed by atoms with Crippen molar-refractivity contribution in [1.82, 2.24) is 0 Å². The van der Waals surface area contributed by atoms with Gasteiger partial charge >= 0.3 is 5.69 Å². The van der Waals surface area contributed by atoms with Crippen molar-refractivity contribution in [3.8, 4) is 17.2 Å². The molecule has 2 aromatic carbocycles. The lowest BCUT2D eigenvalue weighted by Crippen LogP contribution is -1.96. The molecule has 5 nitrogen and oxygen atoms in total. The molecule has 1 N–H and O–H groups in total. The van der Waals surface area contributed by atoms with Crippen molar-refractivity contribution < 1.29 is 14.8 Å². The first-order chi connectivity index (χ1) is 11.1. The summed E-state index contributed by atoms with van der Waals surface area (Å²) in [6, 6.07) is 4.56. The van der Waals surface area contributed by atoms with Gasteiger partial charge in [0.25, 0.3) is 0 Å². The summed E-state index contributed by atoms with van der Waals surface area (Å²) in [5, 5.41) is 19.7. The number of aromatic hydroxyl groups is 1. The van der Waals surface area contributed by atoms with Gasteiger partial charge in [-0.25, -0.2) is 0 Å². The van der Waals surface area contributed by atoms with Gasteiger partial charge in [-0.3, -0.25) is 10.1 Å². The summed E-state index contributed by atoms with van der Waals surface area (Å²) in [4.78, 5) is 10.3. The topological polar surface area (TPSA) is 72.6 Å². The number of hydrogen-bond donors (Lipinski definition) is 1. The number of nitro benzene ring substituents is 1. The highest BCUT2D eigenvalue weighted by molar-refractivity contribution is 6.51. The van der Waals surface area contributed by atoms with E-state index < -0.39 is 10.6 Å². The molecule has 0 bridgehead atoms. The van der Waals surface area contributed by atoms with Crippen LogP contribution in [0.2, 0.25) is 20.1 Å². The summed E-state index contributed by atoms with van der Waals surface area (Å²) in [6.07, 6.45) is 0. The smallest absolute Gasteiger partial charge is 0.309 e. The minimum atomic E-state index is -0.774. The molecule has 0 aliphatic rings. The second kappa shape index (κ2) is 7.23. The van der Waals surface area contributed by atoms with Crippen LogP contribution in [0.25, 0.3) is 0 Å². The maximum Gasteiger partial charge on any atom is 0.309 e. The quantitative estimate of drug-likeness (QED) is 0.340. The first kappa shape index (κ1) is 18.9. The Hall–Kier alpha value is -1.40. The van der Waals surface area contributed by atoms with Crippen molar-refractivity contribution in [2.45, 2.75) is 19.8 Å². The largest absolute Gasteiger partial charge is 0.508 e. The van der Waals surface area contributed by atoms with E-state index in [4.69, 9.17) is 51.1 Å². The van der Waals surface area contributed by atoms with Gasteiger partial charge in [-0.15, -0.1) is 0 Å². The Labute approximate surface area is 157 Å². The van der Waals surface area contributed by atoms with Crippen LogP contribution >= 0.6 is 46.4 Å². The second-order valence-corrected chi connectivity index (χ2v) is 6.68. The lowest BCUT2D eigenvalue weighted by atomic mass is 10.0. The molecule has 0 spiro atoms. The molecule has 0 atom stereocenters. The lowest BCUT2D eigenvalue weighted by molar-refractivity contribution is -0.384.